The van der Waals surface area contributed by atoms with Crippen LogP contribution >= 0.6 is 0 Å². The molecular formula is C19H25N3O4. The van der Waals surface area contributed by atoms with Crippen LogP contribution in [-0.2, 0) is 9.59 Å². The smallest absolute Gasteiger partial charge is 0.257 e. The largest absolute Gasteiger partial charge is 0.496 e. The molecule has 26 heavy (non-hydrogen) atoms. The van der Waals surface area contributed by atoms with Crippen molar-refractivity contribution in [2.45, 2.75) is 12.8 Å². The molecule has 0 bridgehead atoms. The second-order valence-corrected chi connectivity index (χ2v) is 6.73. The Kier molecular flexibility index (Phi) is 5.75. The highest BCUT2D eigenvalue weighted by atomic mass is 16.5. The van der Waals surface area contributed by atoms with Crippen LogP contribution in [0.5, 0.6) is 5.75 Å². The van der Waals surface area contributed by atoms with Crippen molar-refractivity contribution in [1.82, 2.24) is 14.7 Å². The summed E-state index contributed by atoms with van der Waals surface area (Å²) in [5.41, 5.74) is 0.560. The van der Waals surface area contributed by atoms with E-state index in [-0.39, 0.29) is 17.7 Å². The second kappa shape index (κ2) is 8.21. The van der Waals surface area contributed by atoms with Crippen LogP contribution in [0.4, 0.5) is 0 Å². The van der Waals surface area contributed by atoms with Gasteiger partial charge >= 0.3 is 0 Å². The summed E-state index contributed by atoms with van der Waals surface area (Å²) in [6.07, 6.45) is 2.19. The van der Waals surface area contributed by atoms with Gasteiger partial charge in [-0.3, -0.25) is 14.4 Å². The maximum atomic E-state index is 12.7. The van der Waals surface area contributed by atoms with E-state index in [2.05, 4.69) is 0 Å². The van der Waals surface area contributed by atoms with E-state index in [1.807, 2.05) is 17.0 Å². The first-order chi connectivity index (χ1) is 12.6. The molecule has 0 aliphatic carbocycles. The van der Waals surface area contributed by atoms with Gasteiger partial charge in [-0.1, -0.05) is 12.1 Å². The zero-order valence-electron chi connectivity index (χ0n) is 15.1. The molecule has 0 unspecified atom stereocenters. The maximum absolute atomic E-state index is 12.7. The third-order valence-electron chi connectivity index (χ3n) is 5.24. The van der Waals surface area contributed by atoms with Crippen LogP contribution < -0.4 is 4.74 Å². The van der Waals surface area contributed by atoms with Crippen molar-refractivity contribution in [3.05, 3.63) is 29.8 Å². The maximum Gasteiger partial charge on any atom is 0.257 e. The highest BCUT2D eigenvalue weighted by Crippen LogP contribution is 2.25. The van der Waals surface area contributed by atoms with Gasteiger partial charge in [-0.05, 0) is 25.0 Å². The first-order valence-electron chi connectivity index (χ1n) is 9.04. The Bertz CT molecular complexity index is 663. The van der Waals surface area contributed by atoms with E-state index in [0.717, 1.165) is 6.41 Å². The lowest BCUT2D eigenvalue weighted by molar-refractivity contribution is -0.140. The van der Waals surface area contributed by atoms with Crippen LogP contribution in [0.15, 0.2) is 24.3 Å². The number of hydrogen-bond acceptors (Lipinski definition) is 4. The van der Waals surface area contributed by atoms with Gasteiger partial charge in [0.2, 0.25) is 12.3 Å². The van der Waals surface area contributed by atoms with Crippen molar-refractivity contribution in [3.8, 4) is 5.75 Å². The van der Waals surface area contributed by atoms with Gasteiger partial charge in [-0.15, -0.1) is 0 Å². The summed E-state index contributed by atoms with van der Waals surface area (Å²) in [5, 5.41) is 0. The molecular weight excluding hydrogens is 334 g/mol. The van der Waals surface area contributed by atoms with Gasteiger partial charge < -0.3 is 19.4 Å². The van der Waals surface area contributed by atoms with Gasteiger partial charge in [0.15, 0.2) is 0 Å². The third kappa shape index (κ3) is 3.81. The number of likely N-dealkylation sites (tertiary alicyclic amines) is 1. The molecule has 0 spiro atoms. The highest BCUT2D eigenvalue weighted by Gasteiger charge is 2.32. The SMILES string of the molecule is COc1ccccc1C(=O)N1CCC(C(=O)N2CCN(C=O)CC2)CC1. The number of carbonyl (C=O) groups excluding carboxylic acids is 3. The van der Waals surface area contributed by atoms with E-state index in [0.29, 0.717) is 63.4 Å². The van der Waals surface area contributed by atoms with Gasteiger partial charge in [0.1, 0.15) is 5.75 Å². The number of ether oxygens (including phenoxy) is 1. The molecule has 3 amide bonds. The molecule has 0 aromatic heterocycles. The Balaban J connectivity index is 1.55. The lowest BCUT2D eigenvalue weighted by Crippen LogP contribution is -2.51. The molecule has 0 saturated carbocycles. The molecule has 7 heteroatoms. The van der Waals surface area contributed by atoms with Gasteiger partial charge in [-0.25, -0.2) is 0 Å². The Morgan fingerprint density at radius 1 is 1.00 bits per heavy atom. The molecule has 2 heterocycles. The van der Waals surface area contributed by atoms with Crippen LogP contribution in [0.1, 0.15) is 23.2 Å². The minimum absolute atomic E-state index is 0.0421. The van der Waals surface area contributed by atoms with Crippen molar-refractivity contribution in [1.29, 1.82) is 0 Å². The monoisotopic (exact) mass is 359 g/mol. The Labute approximate surface area is 153 Å². The van der Waals surface area contributed by atoms with Gasteiger partial charge in [-0.2, -0.15) is 0 Å². The normalized spacial score (nSPS) is 18.6. The summed E-state index contributed by atoms with van der Waals surface area (Å²) in [5.74, 6) is 0.635. The number of nitrogens with zero attached hydrogens (tertiary/aromatic N) is 3. The number of benzene rings is 1. The van der Waals surface area contributed by atoms with Crippen molar-refractivity contribution >= 4 is 18.2 Å². The van der Waals surface area contributed by atoms with Crippen molar-refractivity contribution < 1.29 is 19.1 Å². The van der Waals surface area contributed by atoms with Crippen molar-refractivity contribution in [2.75, 3.05) is 46.4 Å². The molecule has 1 aromatic rings. The van der Waals surface area contributed by atoms with E-state index in [1.54, 1.807) is 29.0 Å². The fourth-order valence-electron chi connectivity index (χ4n) is 3.63. The van der Waals surface area contributed by atoms with E-state index >= 15 is 0 Å². The van der Waals surface area contributed by atoms with Gasteiger partial charge in [0.25, 0.3) is 5.91 Å². The Hall–Kier alpha value is -2.57. The van der Waals surface area contributed by atoms with E-state index in [1.165, 1.54) is 0 Å². The van der Waals surface area contributed by atoms with Crippen LogP contribution in [-0.4, -0.2) is 79.3 Å². The number of piperidine rings is 1. The highest BCUT2D eigenvalue weighted by molar-refractivity contribution is 5.97. The summed E-state index contributed by atoms with van der Waals surface area (Å²) < 4.78 is 5.28. The van der Waals surface area contributed by atoms with E-state index < -0.39 is 0 Å². The third-order valence-corrected chi connectivity index (χ3v) is 5.24. The van der Waals surface area contributed by atoms with E-state index in [4.69, 9.17) is 4.74 Å². The summed E-state index contributed by atoms with van der Waals surface area (Å²) in [7, 11) is 1.56. The summed E-state index contributed by atoms with van der Waals surface area (Å²) >= 11 is 0. The average molecular weight is 359 g/mol. The molecule has 0 radical (unpaired) electrons. The number of amides is 3. The van der Waals surface area contributed by atoms with E-state index in [9.17, 15) is 14.4 Å². The van der Waals surface area contributed by atoms with Crippen LogP contribution in [0, 0.1) is 5.92 Å². The topological polar surface area (TPSA) is 70.2 Å². The first-order valence-corrected chi connectivity index (χ1v) is 9.04. The van der Waals surface area contributed by atoms with Crippen molar-refractivity contribution in [2.24, 2.45) is 5.92 Å². The molecule has 7 nitrogen and oxygen atoms in total. The molecule has 2 fully saturated rings. The molecule has 2 aliphatic heterocycles. The summed E-state index contributed by atoms with van der Waals surface area (Å²) in [6.45, 7) is 3.53. The number of methoxy groups -OCH3 is 1. The number of piperazine rings is 1. The fourth-order valence-corrected chi connectivity index (χ4v) is 3.63. The quantitative estimate of drug-likeness (QED) is 0.748. The molecule has 0 atom stereocenters. The number of carbonyl (C=O) groups is 3. The number of para-hydroxylation sites is 1. The zero-order valence-corrected chi connectivity index (χ0v) is 15.1. The fraction of sp³-hybridized carbons (Fsp3) is 0.526. The Morgan fingerprint density at radius 3 is 2.27 bits per heavy atom. The predicted molar refractivity (Wildman–Crippen MR) is 95.8 cm³/mol. The average Bonchev–Trinajstić information content (AvgIpc) is 2.73. The molecule has 2 aliphatic rings. The summed E-state index contributed by atoms with van der Waals surface area (Å²) in [6, 6.07) is 7.21. The molecule has 1 aromatic carbocycles. The van der Waals surface area contributed by atoms with Crippen molar-refractivity contribution in [3.63, 3.8) is 0 Å². The Morgan fingerprint density at radius 2 is 1.65 bits per heavy atom. The van der Waals surface area contributed by atoms with Crippen LogP contribution in [0.25, 0.3) is 0 Å². The molecule has 0 N–H and O–H groups in total. The number of hydrogen-bond donors (Lipinski definition) is 0. The van der Waals surface area contributed by atoms with Crippen LogP contribution in [0.3, 0.4) is 0 Å². The van der Waals surface area contributed by atoms with Gasteiger partial charge in [0.05, 0.1) is 12.7 Å². The number of rotatable bonds is 4. The molecule has 2 saturated heterocycles. The summed E-state index contributed by atoms with van der Waals surface area (Å²) in [4.78, 5) is 41.5. The predicted octanol–water partition coefficient (Wildman–Crippen LogP) is 0.848. The first kappa shape index (κ1) is 18.2. The second-order valence-electron chi connectivity index (χ2n) is 6.73. The molecule has 3 rings (SSSR count). The molecule has 140 valence electrons. The minimum atomic E-state index is -0.0482. The van der Waals surface area contributed by atoms with Gasteiger partial charge in [0, 0.05) is 45.2 Å². The zero-order chi connectivity index (χ0) is 18.5. The standard InChI is InChI=1S/C19H25N3O4/c1-26-17-5-3-2-4-16(17)19(25)21-8-6-15(7-9-21)18(24)22-12-10-20(14-23)11-13-22/h2-5,14-15H,6-13H2,1H3. The lowest BCUT2D eigenvalue weighted by Gasteiger charge is -2.37. The minimum Gasteiger partial charge on any atom is -0.496 e. The van der Waals surface area contributed by atoms with Crippen LogP contribution in [0.2, 0.25) is 0 Å². The lowest BCUT2D eigenvalue weighted by atomic mass is 9.94.